The van der Waals surface area contributed by atoms with E-state index in [1.165, 1.54) is 0 Å². The molecular weight excluding hydrogens is 449 g/mol. The molecule has 4 N–H and O–H groups in total. The van der Waals surface area contributed by atoms with E-state index in [1.807, 2.05) is 0 Å². The first-order valence-corrected chi connectivity index (χ1v) is 10.3. The van der Waals surface area contributed by atoms with E-state index in [9.17, 15) is 27.6 Å². The number of carbonyl (C=O) groups is 3. The molecule has 1 aromatic heterocycles. The molecule has 2 aliphatic heterocycles. The van der Waals surface area contributed by atoms with Crippen molar-refractivity contribution >= 4 is 23.9 Å². The van der Waals surface area contributed by atoms with Crippen LogP contribution in [0.25, 0.3) is 0 Å². The van der Waals surface area contributed by atoms with E-state index in [0.29, 0.717) is 38.3 Å². The third-order valence-electron chi connectivity index (χ3n) is 5.63. The Kier molecular flexibility index (Phi) is 7.25. The summed E-state index contributed by atoms with van der Waals surface area (Å²) in [7, 11) is 0. The van der Waals surface area contributed by atoms with Gasteiger partial charge >= 0.3 is 12.3 Å². The highest BCUT2D eigenvalue weighted by Gasteiger charge is 2.44. The predicted octanol–water partition coefficient (Wildman–Crippen LogP) is 0.277. The Balaban J connectivity index is 1.63. The number of primary amides is 2. The van der Waals surface area contributed by atoms with Crippen LogP contribution < -0.4 is 16.4 Å². The standard InChI is InChI=1S/C19H25F3N6O5/c1-10(33-17(24)31)9-32-14-3-5-28(16(14)30)13-2-4-27(8-12(13)15(23)29)18-25-6-11(7-26-18)19(20,21)22/h6-7,10,12-14H,2-5,8-9H2,1H3,(H2,23,29)(H2,24,31)/t10?,12?,13?,14-/m1/s1. The predicted molar refractivity (Wildman–Crippen MR) is 107 cm³/mol. The molecule has 2 aliphatic rings. The third-order valence-corrected chi connectivity index (χ3v) is 5.63. The molecule has 14 heteroatoms. The molecule has 4 atom stereocenters. The van der Waals surface area contributed by atoms with Crippen LogP contribution in [0.5, 0.6) is 0 Å². The molecule has 33 heavy (non-hydrogen) atoms. The molecule has 0 spiro atoms. The average Bonchev–Trinajstić information content (AvgIpc) is 3.11. The lowest BCUT2D eigenvalue weighted by Gasteiger charge is -2.41. The molecule has 3 rings (SSSR count). The normalized spacial score (nSPS) is 24.6. The van der Waals surface area contributed by atoms with Gasteiger partial charge in [-0.25, -0.2) is 14.8 Å². The number of halogens is 3. The summed E-state index contributed by atoms with van der Waals surface area (Å²) < 4.78 is 48.6. The number of alkyl halides is 3. The fourth-order valence-electron chi connectivity index (χ4n) is 4.05. The summed E-state index contributed by atoms with van der Waals surface area (Å²) in [5.41, 5.74) is 9.56. The van der Waals surface area contributed by atoms with Crippen LogP contribution in [0.2, 0.25) is 0 Å². The lowest BCUT2D eigenvalue weighted by Crippen LogP contribution is -2.56. The summed E-state index contributed by atoms with van der Waals surface area (Å²) in [5.74, 6) is -1.68. The SMILES string of the molecule is CC(CO[C@@H]1CCN(C2CCN(c3ncc(C(F)(F)F)cn3)CC2C(N)=O)C1=O)OC(N)=O. The second kappa shape index (κ2) is 9.77. The number of hydrogen-bond donors (Lipinski definition) is 2. The van der Waals surface area contributed by atoms with E-state index in [1.54, 1.807) is 16.7 Å². The molecule has 0 saturated carbocycles. The molecule has 11 nitrogen and oxygen atoms in total. The molecule has 0 aromatic carbocycles. The van der Waals surface area contributed by atoms with Crippen LogP contribution in [0, 0.1) is 5.92 Å². The van der Waals surface area contributed by atoms with Crippen molar-refractivity contribution in [3.63, 3.8) is 0 Å². The van der Waals surface area contributed by atoms with Gasteiger partial charge in [-0.2, -0.15) is 13.2 Å². The van der Waals surface area contributed by atoms with E-state index < -0.39 is 47.9 Å². The quantitative estimate of drug-likeness (QED) is 0.571. The fraction of sp³-hybridized carbons (Fsp3) is 0.632. The topological polar surface area (TPSA) is 154 Å². The minimum Gasteiger partial charge on any atom is -0.444 e. The second-order valence-electron chi connectivity index (χ2n) is 7.97. The van der Waals surface area contributed by atoms with E-state index in [2.05, 4.69) is 9.97 Å². The van der Waals surface area contributed by atoms with Crippen LogP contribution in [0.4, 0.5) is 23.9 Å². The van der Waals surface area contributed by atoms with Gasteiger partial charge in [-0.05, 0) is 13.3 Å². The molecule has 2 fully saturated rings. The van der Waals surface area contributed by atoms with Gasteiger partial charge in [-0.1, -0.05) is 0 Å². The van der Waals surface area contributed by atoms with Gasteiger partial charge in [-0.15, -0.1) is 0 Å². The zero-order chi connectivity index (χ0) is 24.3. The van der Waals surface area contributed by atoms with Crippen LogP contribution in [-0.4, -0.2) is 77.3 Å². The Labute approximate surface area is 187 Å². The number of likely N-dealkylation sites (tertiary alicyclic amines) is 1. The van der Waals surface area contributed by atoms with Crippen LogP contribution >= 0.6 is 0 Å². The van der Waals surface area contributed by atoms with Gasteiger partial charge in [-0.3, -0.25) is 9.59 Å². The summed E-state index contributed by atoms with van der Waals surface area (Å²) in [4.78, 5) is 46.5. The maximum absolute atomic E-state index is 12.9. The Hall–Kier alpha value is -3.16. The average molecular weight is 474 g/mol. The number of aromatic nitrogens is 2. The van der Waals surface area contributed by atoms with Gasteiger partial charge in [0.05, 0.1) is 18.1 Å². The largest absolute Gasteiger partial charge is 0.444 e. The molecule has 1 aromatic rings. The summed E-state index contributed by atoms with van der Waals surface area (Å²) in [5, 5.41) is 0. The highest BCUT2D eigenvalue weighted by molar-refractivity contribution is 5.85. The van der Waals surface area contributed by atoms with E-state index in [-0.39, 0.29) is 25.0 Å². The molecule has 3 heterocycles. The fourth-order valence-corrected chi connectivity index (χ4v) is 4.05. The van der Waals surface area contributed by atoms with Crippen LogP contribution in [0.15, 0.2) is 12.4 Å². The zero-order valence-electron chi connectivity index (χ0n) is 17.8. The number of amides is 3. The van der Waals surface area contributed by atoms with Crippen molar-refractivity contribution in [3.8, 4) is 0 Å². The first-order chi connectivity index (χ1) is 15.5. The highest BCUT2D eigenvalue weighted by atomic mass is 19.4. The number of ether oxygens (including phenoxy) is 2. The number of nitrogens with two attached hydrogens (primary N) is 2. The number of anilines is 1. The lowest BCUT2D eigenvalue weighted by atomic mass is 9.90. The zero-order valence-corrected chi connectivity index (χ0v) is 17.8. The maximum Gasteiger partial charge on any atom is 0.419 e. The van der Waals surface area contributed by atoms with Gasteiger partial charge in [0.25, 0.3) is 5.91 Å². The van der Waals surface area contributed by atoms with Crippen LogP contribution in [-0.2, 0) is 25.2 Å². The van der Waals surface area contributed by atoms with Crippen molar-refractivity contribution in [2.75, 3.05) is 31.1 Å². The Morgan fingerprint density at radius 3 is 2.45 bits per heavy atom. The van der Waals surface area contributed by atoms with Crippen LogP contribution in [0.1, 0.15) is 25.3 Å². The van der Waals surface area contributed by atoms with Gasteiger partial charge in [0, 0.05) is 44.5 Å². The number of rotatable bonds is 7. The molecule has 0 radical (unpaired) electrons. The number of piperidine rings is 1. The van der Waals surface area contributed by atoms with Crippen molar-refractivity contribution in [2.45, 2.75) is 44.2 Å². The lowest BCUT2D eigenvalue weighted by molar-refractivity contribution is -0.142. The summed E-state index contributed by atoms with van der Waals surface area (Å²) in [6, 6.07) is -0.492. The Morgan fingerprint density at radius 1 is 1.21 bits per heavy atom. The second-order valence-corrected chi connectivity index (χ2v) is 7.97. The maximum atomic E-state index is 12.9. The Bertz CT molecular complexity index is 884. The minimum atomic E-state index is -4.56. The highest BCUT2D eigenvalue weighted by Crippen LogP contribution is 2.31. The van der Waals surface area contributed by atoms with Crippen molar-refractivity contribution in [1.82, 2.24) is 14.9 Å². The smallest absolute Gasteiger partial charge is 0.419 e. The molecule has 2 saturated heterocycles. The molecule has 3 amide bonds. The number of nitrogens with zero attached hydrogens (tertiary/aromatic N) is 4. The number of hydrogen-bond acceptors (Lipinski definition) is 8. The molecule has 3 unspecified atom stereocenters. The third kappa shape index (κ3) is 5.80. The van der Waals surface area contributed by atoms with E-state index in [4.69, 9.17) is 20.9 Å². The van der Waals surface area contributed by atoms with Crippen molar-refractivity contribution in [2.24, 2.45) is 17.4 Å². The first-order valence-electron chi connectivity index (χ1n) is 10.3. The molecule has 182 valence electrons. The molecular formula is C19H25F3N6O5. The van der Waals surface area contributed by atoms with Gasteiger partial charge < -0.3 is 30.7 Å². The number of carbonyl (C=O) groups excluding carboxylic acids is 3. The van der Waals surface area contributed by atoms with Gasteiger partial charge in [0.2, 0.25) is 11.9 Å². The van der Waals surface area contributed by atoms with Crippen molar-refractivity contribution in [1.29, 1.82) is 0 Å². The molecule has 0 aliphatic carbocycles. The minimum absolute atomic E-state index is 0.0177. The van der Waals surface area contributed by atoms with Gasteiger partial charge in [0.15, 0.2) is 0 Å². The first kappa shape index (κ1) is 24.5. The summed E-state index contributed by atoms with van der Waals surface area (Å²) in [6.07, 6.45) is -4.79. The molecule has 0 bridgehead atoms. The Morgan fingerprint density at radius 2 is 1.88 bits per heavy atom. The van der Waals surface area contributed by atoms with Crippen molar-refractivity contribution in [3.05, 3.63) is 18.0 Å². The van der Waals surface area contributed by atoms with Crippen molar-refractivity contribution < 1.29 is 37.0 Å². The summed E-state index contributed by atoms with van der Waals surface area (Å²) >= 11 is 0. The van der Waals surface area contributed by atoms with Gasteiger partial charge in [0.1, 0.15) is 12.2 Å². The van der Waals surface area contributed by atoms with Crippen LogP contribution in [0.3, 0.4) is 0 Å². The van der Waals surface area contributed by atoms with E-state index >= 15 is 0 Å². The summed E-state index contributed by atoms with van der Waals surface area (Å²) in [6.45, 7) is 2.28. The monoisotopic (exact) mass is 474 g/mol. The van der Waals surface area contributed by atoms with E-state index in [0.717, 1.165) is 0 Å².